The van der Waals surface area contributed by atoms with Gasteiger partial charge in [0.05, 0.1) is 6.04 Å². The second-order valence-corrected chi connectivity index (χ2v) is 4.18. The molecule has 1 aromatic rings. The largest absolute Gasteiger partial charge is 0.329 e. The first-order chi connectivity index (χ1) is 6.70. The van der Waals surface area contributed by atoms with Crippen LogP contribution in [0.2, 0.25) is 0 Å². The quantitative estimate of drug-likeness (QED) is 0.694. The fraction of sp³-hybridized carbons (Fsp3) is 0.400. The van der Waals surface area contributed by atoms with Crippen LogP contribution in [0.25, 0.3) is 0 Å². The Morgan fingerprint density at radius 3 is 2.79 bits per heavy atom. The summed E-state index contributed by atoms with van der Waals surface area (Å²) in [6, 6.07) is 2.02. The van der Waals surface area contributed by atoms with E-state index in [2.05, 4.69) is 0 Å². The van der Waals surface area contributed by atoms with Crippen LogP contribution in [0.1, 0.15) is 24.9 Å². The first-order valence-electron chi connectivity index (χ1n) is 4.56. The summed E-state index contributed by atoms with van der Waals surface area (Å²) in [6.45, 7) is 2.52. The number of amides is 1. The molecule has 0 bridgehead atoms. The molecule has 74 valence electrons. The van der Waals surface area contributed by atoms with Crippen LogP contribution in [-0.2, 0) is 9.59 Å². The molecule has 1 aromatic heterocycles. The van der Waals surface area contributed by atoms with Crippen LogP contribution in [0.5, 0.6) is 0 Å². The highest BCUT2D eigenvalue weighted by molar-refractivity contribution is 7.07. The average Bonchev–Trinajstić information content (AvgIpc) is 2.77. The number of likely N-dealkylation sites (tertiary alicyclic amines) is 1. The Morgan fingerprint density at radius 1 is 1.50 bits per heavy atom. The maximum atomic E-state index is 11.4. The Kier molecular flexibility index (Phi) is 2.37. The van der Waals surface area contributed by atoms with Gasteiger partial charge in [-0.05, 0) is 29.3 Å². The number of Topliss-reactive ketones (excluding diaryl/α,β-unsaturated/α-hetero) is 1. The molecule has 4 heteroatoms. The summed E-state index contributed by atoms with van der Waals surface area (Å²) in [7, 11) is 0. The van der Waals surface area contributed by atoms with Crippen molar-refractivity contribution in [2.24, 2.45) is 0 Å². The van der Waals surface area contributed by atoms with Gasteiger partial charge in [-0.2, -0.15) is 11.3 Å². The standard InChI is InChI=1S/C10H11NO2S/c1-7(8-3-5-14-6-8)11-4-2-9(12)10(11)13/h3,5-7H,2,4H2,1H3. The van der Waals surface area contributed by atoms with Gasteiger partial charge in [0.25, 0.3) is 5.91 Å². The molecule has 1 amide bonds. The van der Waals surface area contributed by atoms with Gasteiger partial charge in [-0.3, -0.25) is 9.59 Å². The van der Waals surface area contributed by atoms with Gasteiger partial charge in [-0.15, -0.1) is 0 Å². The maximum absolute atomic E-state index is 11.4. The van der Waals surface area contributed by atoms with Crippen molar-refractivity contribution in [1.82, 2.24) is 4.90 Å². The van der Waals surface area contributed by atoms with Gasteiger partial charge in [-0.1, -0.05) is 0 Å². The molecule has 0 aromatic carbocycles. The fourth-order valence-electron chi connectivity index (χ4n) is 1.65. The molecular formula is C10H11NO2S. The summed E-state index contributed by atoms with van der Waals surface area (Å²) in [5.41, 5.74) is 1.11. The van der Waals surface area contributed by atoms with Crippen LogP contribution >= 0.6 is 11.3 Å². The van der Waals surface area contributed by atoms with E-state index in [0.717, 1.165) is 5.56 Å². The number of carbonyl (C=O) groups excluding carboxylic acids is 2. The summed E-state index contributed by atoms with van der Waals surface area (Å²) in [5, 5.41) is 3.99. The minimum Gasteiger partial charge on any atom is -0.329 e. The van der Waals surface area contributed by atoms with Crippen LogP contribution in [0, 0.1) is 0 Å². The lowest BCUT2D eigenvalue weighted by atomic mass is 10.1. The molecule has 1 fully saturated rings. The molecule has 1 aliphatic heterocycles. The average molecular weight is 209 g/mol. The van der Waals surface area contributed by atoms with Crippen molar-refractivity contribution < 1.29 is 9.59 Å². The van der Waals surface area contributed by atoms with Crippen molar-refractivity contribution in [3.8, 4) is 0 Å². The lowest BCUT2D eigenvalue weighted by Crippen LogP contribution is -2.30. The molecule has 1 aliphatic rings. The van der Waals surface area contributed by atoms with E-state index in [9.17, 15) is 9.59 Å². The predicted molar refractivity (Wildman–Crippen MR) is 54.1 cm³/mol. The molecule has 14 heavy (non-hydrogen) atoms. The van der Waals surface area contributed by atoms with E-state index in [1.807, 2.05) is 23.8 Å². The lowest BCUT2D eigenvalue weighted by Gasteiger charge is -2.22. The maximum Gasteiger partial charge on any atom is 0.290 e. The van der Waals surface area contributed by atoms with Crippen molar-refractivity contribution in [3.05, 3.63) is 22.4 Å². The molecule has 0 spiro atoms. The molecule has 2 heterocycles. The van der Waals surface area contributed by atoms with Crippen LogP contribution in [0.3, 0.4) is 0 Å². The van der Waals surface area contributed by atoms with Crippen molar-refractivity contribution >= 4 is 23.0 Å². The normalized spacial score (nSPS) is 19.1. The molecule has 3 nitrogen and oxygen atoms in total. The Morgan fingerprint density at radius 2 is 2.29 bits per heavy atom. The first kappa shape index (κ1) is 9.40. The number of nitrogens with zero attached hydrogens (tertiary/aromatic N) is 1. The summed E-state index contributed by atoms with van der Waals surface area (Å²) in [4.78, 5) is 24.1. The van der Waals surface area contributed by atoms with Crippen LogP contribution in [0.4, 0.5) is 0 Å². The second-order valence-electron chi connectivity index (χ2n) is 3.40. The third kappa shape index (κ3) is 1.46. The van der Waals surface area contributed by atoms with Gasteiger partial charge >= 0.3 is 0 Å². The van der Waals surface area contributed by atoms with Crippen molar-refractivity contribution in [1.29, 1.82) is 0 Å². The van der Waals surface area contributed by atoms with E-state index in [-0.39, 0.29) is 17.7 Å². The van der Waals surface area contributed by atoms with E-state index in [4.69, 9.17) is 0 Å². The van der Waals surface area contributed by atoms with Crippen LogP contribution < -0.4 is 0 Å². The Hall–Kier alpha value is -1.16. The van der Waals surface area contributed by atoms with Gasteiger partial charge in [0, 0.05) is 13.0 Å². The van der Waals surface area contributed by atoms with Crippen molar-refractivity contribution in [2.75, 3.05) is 6.54 Å². The van der Waals surface area contributed by atoms with Crippen molar-refractivity contribution in [2.45, 2.75) is 19.4 Å². The zero-order valence-corrected chi connectivity index (χ0v) is 8.71. The van der Waals surface area contributed by atoms with E-state index < -0.39 is 0 Å². The number of carbonyl (C=O) groups is 2. The van der Waals surface area contributed by atoms with E-state index in [1.165, 1.54) is 0 Å². The Bertz CT molecular complexity index is 358. The van der Waals surface area contributed by atoms with Gasteiger partial charge < -0.3 is 4.90 Å². The van der Waals surface area contributed by atoms with Crippen LogP contribution in [0.15, 0.2) is 16.8 Å². The summed E-state index contributed by atoms with van der Waals surface area (Å²) < 4.78 is 0. The highest BCUT2D eigenvalue weighted by Gasteiger charge is 2.32. The summed E-state index contributed by atoms with van der Waals surface area (Å²) >= 11 is 1.61. The fourth-order valence-corrected chi connectivity index (χ4v) is 2.40. The topological polar surface area (TPSA) is 37.4 Å². The molecular weight excluding hydrogens is 198 g/mol. The SMILES string of the molecule is CC(c1ccsc1)N1CCC(=O)C1=O. The number of thiophene rings is 1. The number of ketones is 1. The molecule has 0 N–H and O–H groups in total. The smallest absolute Gasteiger partial charge is 0.290 e. The lowest BCUT2D eigenvalue weighted by molar-refractivity contribution is -0.141. The highest BCUT2D eigenvalue weighted by atomic mass is 32.1. The zero-order valence-electron chi connectivity index (χ0n) is 7.90. The third-order valence-electron chi connectivity index (χ3n) is 2.57. The molecule has 0 radical (unpaired) electrons. The predicted octanol–water partition coefficient (Wildman–Crippen LogP) is 1.61. The summed E-state index contributed by atoms with van der Waals surface area (Å²) in [5.74, 6) is -0.587. The van der Waals surface area contributed by atoms with E-state index in [1.54, 1.807) is 16.2 Å². The third-order valence-corrected chi connectivity index (χ3v) is 3.27. The van der Waals surface area contributed by atoms with Crippen LogP contribution in [-0.4, -0.2) is 23.1 Å². The Labute approximate surface area is 86.3 Å². The highest BCUT2D eigenvalue weighted by Crippen LogP contribution is 2.25. The van der Waals surface area contributed by atoms with E-state index in [0.29, 0.717) is 13.0 Å². The minimum absolute atomic E-state index is 0.0280. The molecule has 1 unspecified atom stereocenters. The minimum atomic E-state index is -0.330. The van der Waals surface area contributed by atoms with Crippen molar-refractivity contribution in [3.63, 3.8) is 0 Å². The molecule has 0 aliphatic carbocycles. The first-order valence-corrected chi connectivity index (χ1v) is 5.50. The zero-order chi connectivity index (χ0) is 10.1. The molecule has 1 atom stereocenters. The monoisotopic (exact) mass is 209 g/mol. The van der Waals surface area contributed by atoms with Gasteiger partial charge in [0.1, 0.15) is 0 Å². The number of rotatable bonds is 2. The van der Waals surface area contributed by atoms with E-state index >= 15 is 0 Å². The Balaban J connectivity index is 2.17. The molecule has 0 saturated carbocycles. The number of hydrogen-bond acceptors (Lipinski definition) is 3. The summed E-state index contributed by atoms with van der Waals surface area (Å²) in [6.07, 6.45) is 0.368. The second kappa shape index (κ2) is 3.53. The van der Waals surface area contributed by atoms with Gasteiger partial charge in [0.15, 0.2) is 0 Å². The molecule has 1 saturated heterocycles. The molecule has 2 rings (SSSR count). The van der Waals surface area contributed by atoms with Gasteiger partial charge in [-0.25, -0.2) is 0 Å². The number of hydrogen-bond donors (Lipinski definition) is 0. The van der Waals surface area contributed by atoms with Gasteiger partial charge in [0.2, 0.25) is 5.78 Å².